The van der Waals surface area contributed by atoms with E-state index in [1.807, 2.05) is 0 Å². The van der Waals surface area contributed by atoms with Gasteiger partial charge in [-0.1, -0.05) is 6.42 Å². The van der Waals surface area contributed by atoms with Crippen molar-refractivity contribution in [3.63, 3.8) is 0 Å². The summed E-state index contributed by atoms with van der Waals surface area (Å²) in [6.45, 7) is 4.26. The molecule has 2 aliphatic heterocycles. The molecule has 3 N–H and O–H groups in total. The Kier molecular flexibility index (Phi) is 4.32. The molecule has 4 heteroatoms. The van der Waals surface area contributed by atoms with Crippen molar-refractivity contribution in [3.05, 3.63) is 0 Å². The minimum absolute atomic E-state index is 0.263. The summed E-state index contributed by atoms with van der Waals surface area (Å²) in [5.74, 6) is 0.799. The van der Waals surface area contributed by atoms with Crippen molar-refractivity contribution >= 4 is 5.91 Å². The van der Waals surface area contributed by atoms with Gasteiger partial charge in [0.15, 0.2) is 0 Å². The summed E-state index contributed by atoms with van der Waals surface area (Å²) in [6, 6.07) is 0.263. The Balaban J connectivity index is 1.48. The first-order chi connectivity index (χ1) is 9.69. The second kappa shape index (κ2) is 6.02. The summed E-state index contributed by atoms with van der Waals surface area (Å²) in [4.78, 5) is 14.5. The first-order valence-electron chi connectivity index (χ1n) is 8.43. The van der Waals surface area contributed by atoms with E-state index in [9.17, 15) is 4.79 Å². The highest BCUT2D eigenvalue weighted by Gasteiger charge is 2.37. The van der Waals surface area contributed by atoms with Gasteiger partial charge in [0, 0.05) is 25.6 Å². The lowest BCUT2D eigenvalue weighted by molar-refractivity contribution is -0.134. The topological polar surface area (TPSA) is 58.4 Å². The first-order valence-corrected chi connectivity index (χ1v) is 8.43. The molecular formula is C16H29N3O. The number of nitrogens with two attached hydrogens (primary N) is 1. The molecule has 2 saturated heterocycles. The number of carbonyl (C=O) groups is 1. The second-order valence-electron chi connectivity index (χ2n) is 7.19. The van der Waals surface area contributed by atoms with E-state index in [1.54, 1.807) is 0 Å². The highest BCUT2D eigenvalue weighted by Crippen LogP contribution is 2.39. The summed E-state index contributed by atoms with van der Waals surface area (Å²) < 4.78 is 0. The molecule has 1 saturated carbocycles. The number of hydrogen-bond donors (Lipinski definition) is 2. The van der Waals surface area contributed by atoms with Gasteiger partial charge in [-0.3, -0.25) is 4.79 Å². The standard InChI is InChI=1S/C16H29N3O/c17-14-3-1-2-13(14)12-15(20)19-10-6-16(7-11-19)4-8-18-9-5-16/h13-14,18H,1-12,17H2/t13-,14+/m0/s1. The minimum Gasteiger partial charge on any atom is -0.343 e. The van der Waals surface area contributed by atoms with Crippen LogP contribution in [-0.4, -0.2) is 43.0 Å². The van der Waals surface area contributed by atoms with Gasteiger partial charge in [-0.15, -0.1) is 0 Å². The maximum Gasteiger partial charge on any atom is 0.222 e. The van der Waals surface area contributed by atoms with Crippen LogP contribution in [0.1, 0.15) is 51.4 Å². The lowest BCUT2D eigenvalue weighted by atomic mass is 9.71. The number of rotatable bonds is 2. The predicted octanol–water partition coefficient (Wildman–Crippen LogP) is 1.50. The number of hydrogen-bond acceptors (Lipinski definition) is 3. The van der Waals surface area contributed by atoms with Crippen molar-refractivity contribution in [1.29, 1.82) is 0 Å². The zero-order chi connectivity index (χ0) is 14.0. The zero-order valence-corrected chi connectivity index (χ0v) is 12.6. The molecular weight excluding hydrogens is 250 g/mol. The van der Waals surface area contributed by atoms with Crippen LogP contribution in [0.15, 0.2) is 0 Å². The molecule has 1 aliphatic carbocycles. The molecule has 1 amide bonds. The van der Waals surface area contributed by atoms with Crippen LogP contribution < -0.4 is 11.1 Å². The Morgan fingerprint density at radius 1 is 1.15 bits per heavy atom. The van der Waals surface area contributed by atoms with Gasteiger partial charge >= 0.3 is 0 Å². The molecule has 0 aromatic rings. The van der Waals surface area contributed by atoms with Crippen LogP contribution in [0.4, 0.5) is 0 Å². The van der Waals surface area contributed by atoms with E-state index in [4.69, 9.17) is 5.73 Å². The van der Waals surface area contributed by atoms with Crippen molar-refractivity contribution in [2.24, 2.45) is 17.1 Å². The fourth-order valence-electron chi connectivity index (χ4n) is 4.36. The molecule has 3 fully saturated rings. The van der Waals surface area contributed by atoms with Crippen LogP contribution in [0, 0.1) is 11.3 Å². The lowest BCUT2D eigenvalue weighted by Crippen LogP contribution is -2.47. The Morgan fingerprint density at radius 2 is 1.85 bits per heavy atom. The van der Waals surface area contributed by atoms with Gasteiger partial charge in [0.25, 0.3) is 0 Å². The molecule has 2 atom stereocenters. The molecule has 114 valence electrons. The molecule has 20 heavy (non-hydrogen) atoms. The maximum absolute atomic E-state index is 12.4. The monoisotopic (exact) mass is 279 g/mol. The SMILES string of the molecule is N[C@@H]1CCC[C@H]1CC(=O)N1CCC2(CCNCC2)CC1. The van der Waals surface area contributed by atoms with Crippen molar-refractivity contribution in [1.82, 2.24) is 10.2 Å². The van der Waals surface area contributed by atoms with Crippen LogP contribution >= 0.6 is 0 Å². The summed E-state index contributed by atoms with van der Waals surface area (Å²) in [7, 11) is 0. The minimum atomic E-state index is 0.263. The lowest BCUT2D eigenvalue weighted by Gasteiger charge is -2.44. The number of likely N-dealkylation sites (tertiary alicyclic amines) is 1. The van der Waals surface area contributed by atoms with Gasteiger partial charge < -0.3 is 16.0 Å². The Hall–Kier alpha value is -0.610. The largest absolute Gasteiger partial charge is 0.343 e. The second-order valence-corrected chi connectivity index (χ2v) is 7.19. The third-order valence-electron chi connectivity index (χ3n) is 6.00. The molecule has 0 bridgehead atoms. The number of nitrogens with one attached hydrogen (secondary N) is 1. The third kappa shape index (κ3) is 3.01. The molecule has 0 aromatic heterocycles. The summed E-state index contributed by atoms with van der Waals surface area (Å²) in [5.41, 5.74) is 6.62. The third-order valence-corrected chi connectivity index (χ3v) is 6.00. The van der Waals surface area contributed by atoms with Gasteiger partial charge in [-0.25, -0.2) is 0 Å². The van der Waals surface area contributed by atoms with Crippen molar-refractivity contribution in [3.8, 4) is 0 Å². The highest BCUT2D eigenvalue weighted by atomic mass is 16.2. The molecule has 0 unspecified atom stereocenters. The van der Waals surface area contributed by atoms with Gasteiger partial charge in [0.1, 0.15) is 0 Å². The van der Waals surface area contributed by atoms with Crippen LogP contribution in [0.5, 0.6) is 0 Å². The van der Waals surface area contributed by atoms with E-state index in [0.29, 0.717) is 23.7 Å². The van der Waals surface area contributed by atoms with Crippen molar-refractivity contribution < 1.29 is 4.79 Å². The zero-order valence-electron chi connectivity index (χ0n) is 12.6. The van der Waals surface area contributed by atoms with Crippen LogP contribution in [0.3, 0.4) is 0 Å². The highest BCUT2D eigenvalue weighted by molar-refractivity contribution is 5.76. The summed E-state index contributed by atoms with van der Waals surface area (Å²) in [6.07, 6.45) is 9.15. The van der Waals surface area contributed by atoms with Crippen molar-refractivity contribution in [2.45, 2.75) is 57.4 Å². The first kappa shape index (κ1) is 14.3. The number of carbonyl (C=O) groups excluding carboxylic acids is 1. The van der Waals surface area contributed by atoms with Gasteiger partial charge in [0.05, 0.1) is 0 Å². The molecule has 3 rings (SSSR count). The smallest absolute Gasteiger partial charge is 0.222 e. The van der Waals surface area contributed by atoms with E-state index in [0.717, 1.165) is 39.0 Å². The van der Waals surface area contributed by atoms with E-state index in [-0.39, 0.29) is 6.04 Å². The quantitative estimate of drug-likeness (QED) is 0.805. The number of piperidine rings is 2. The molecule has 3 aliphatic rings. The Labute approximate surface area is 122 Å². The molecule has 2 heterocycles. The van der Waals surface area contributed by atoms with Crippen LogP contribution in [-0.2, 0) is 4.79 Å². The van der Waals surface area contributed by atoms with E-state index in [1.165, 1.54) is 32.1 Å². The Bertz CT molecular complexity index is 342. The number of amides is 1. The summed E-state index contributed by atoms with van der Waals surface area (Å²) >= 11 is 0. The van der Waals surface area contributed by atoms with Gasteiger partial charge in [0.2, 0.25) is 5.91 Å². The average Bonchev–Trinajstić information content (AvgIpc) is 2.86. The Morgan fingerprint density at radius 3 is 2.45 bits per heavy atom. The van der Waals surface area contributed by atoms with Crippen LogP contribution in [0.2, 0.25) is 0 Å². The summed E-state index contributed by atoms with van der Waals surface area (Å²) in [5, 5.41) is 3.45. The molecule has 0 radical (unpaired) electrons. The van der Waals surface area contributed by atoms with Gasteiger partial charge in [-0.2, -0.15) is 0 Å². The molecule has 1 spiro atoms. The van der Waals surface area contributed by atoms with Gasteiger partial charge in [-0.05, 0) is 62.9 Å². The predicted molar refractivity (Wildman–Crippen MR) is 80.3 cm³/mol. The van der Waals surface area contributed by atoms with E-state index in [2.05, 4.69) is 10.2 Å². The number of nitrogens with zero attached hydrogens (tertiary/aromatic N) is 1. The molecule has 4 nitrogen and oxygen atoms in total. The fourth-order valence-corrected chi connectivity index (χ4v) is 4.36. The van der Waals surface area contributed by atoms with Crippen molar-refractivity contribution in [2.75, 3.05) is 26.2 Å². The van der Waals surface area contributed by atoms with E-state index < -0.39 is 0 Å². The normalized spacial score (nSPS) is 33.5. The van der Waals surface area contributed by atoms with Crippen LogP contribution in [0.25, 0.3) is 0 Å². The van der Waals surface area contributed by atoms with E-state index >= 15 is 0 Å². The average molecular weight is 279 g/mol. The molecule has 0 aromatic carbocycles. The maximum atomic E-state index is 12.4. The fraction of sp³-hybridized carbons (Fsp3) is 0.938.